The van der Waals surface area contributed by atoms with Crippen LogP contribution in [0.15, 0.2) is 48.5 Å². The van der Waals surface area contributed by atoms with Crippen molar-refractivity contribution in [3.8, 4) is 0 Å². The van der Waals surface area contributed by atoms with Crippen molar-refractivity contribution in [1.29, 1.82) is 0 Å². The summed E-state index contributed by atoms with van der Waals surface area (Å²) in [5, 5.41) is 2.53. The van der Waals surface area contributed by atoms with Crippen molar-refractivity contribution in [2.24, 2.45) is 0 Å². The molecule has 2 aromatic carbocycles. The number of nitrogens with zero attached hydrogens (tertiary/aromatic N) is 1. The molecule has 1 aliphatic heterocycles. The zero-order valence-corrected chi connectivity index (χ0v) is 15.8. The molecule has 3 rings (SSSR count). The molecule has 1 aliphatic rings. The number of fused-ring (bicyclic) bond motifs is 1. The molecule has 0 aromatic heterocycles. The van der Waals surface area contributed by atoms with Gasteiger partial charge < -0.3 is 14.8 Å². The highest BCUT2D eigenvalue weighted by Crippen LogP contribution is 2.26. The van der Waals surface area contributed by atoms with Gasteiger partial charge in [0.15, 0.2) is 6.61 Å². The zero-order chi connectivity index (χ0) is 20.8. The van der Waals surface area contributed by atoms with Gasteiger partial charge in [-0.05, 0) is 23.8 Å². The fraction of sp³-hybridized carbons (Fsp3) is 0.238. The van der Waals surface area contributed by atoms with Gasteiger partial charge in [-0.3, -0.25) is 19.3 Å². The Morgan fingerprint density at radius 2 is 1.72 bits per heavy atom. The summed E-state index contributed by atoms with van der Waals surface area (Å²) in [6, 6.07) is 13.3. The number of amides is 3. The molecule has 0 atom stereocenters. The minimum atomic E-state index is -0.753. The highest BCUT2D eigenvalue weighted by atomic mass is 16.5. The number of benzene rings is 2. The van der Waals surface area contributed by atoms with Crippen LogP contribution in [0.2, 0.25) is 0 Å². The van der Waals surface area contributed by atoms with Gasteiger partial charge in [0.1, 0.15) is 0 Å². The second-order valence-electron chi connectivity index (χ2n) is 6.36. The van der Waals surface area contributed by atoms with Crippen LogP contribution in [0.3, 0.4) is 0 Å². The van der Waals surface area contributed by atoms with Gasteiger partial charge in [-0.2, -0.15) is 0 Å². The lowest BCUT2D eigenvalue weighted by Crippen LogP contribution is -2.31. The topological polar surface area (TPSA) is 102 Å². The predicted molar refractivity (Wildman–Crippen MR) is 102 cm³/mol. The van der Waals surface area contributed by atoms with Gasteiger partial charge in [0, 0.05) is 13.7 Å². The van der Waals surface area contributed by atoms with Gasteiger partial charge in [-0.25, -0.2) is 4.79 Å². The third kappa shape index (κ3) is 4.67. The molecule has 150 valence electrons. The van der Waals surface area contributed by atoms with Gasteiger partial charge >= 0.3 is 5.97 Å². The van der Waals surface area contributed by atoms with Crippen molar-refractivity contribution in [3.63, 3.8) is 0 Å². The van der Waals surface area contributed by atoms with E-state index in [1.165, 1.54) is 25.3 Å². The summed E-state index contributed by atoms with van der Waals surface area (Å²) in [4.78, 5) is 50.2. The second-order valence-corrected chi connectivity index (χ2v) is 6.36. The summed E-state index contributed by atoms with van der Waals surface area (Å²) >= 11 is 0. The Hall–Kier alpha value is -3.52. The molecule has 8 heteroatoms. The summed E-state index contributed by atoms with van der Waals surface area (Å²) in [6.07, 6.45) is 0. The Morgan fingerprint density at radius 3 is 2.45 bits per heavy atom. The minimum absolute atomic E-state index is 0.0937. The van der Waals surface area contributed by atoms with E-state index in [0.29, 0.717) is 13.2 Å². The first kappa shape index (κ1) is 20.2. The largest absolute Gasteiger partial charge is 0.452 e. The van der Waals surface area contributed by atoms with Crippen LogP contribution in [0.4, 0.5) is 0 Å². The van der Waals surface area contributed by atoms with E-state index >= 15 is 0 Å². The van der Waals surface area contributed by atoms with Gasteiger partial charge in [0.2, 0.25) is 0 Å². The summed E-state index contributed by atoms with van der Waals surface area (Å²) in [5.74, 6) is -2.10. The van der Waals surface area contributed by atoms with Crippen LogP contribution in [0.25, 0.3) is 0 Å². The minimum Gasteiger partial charge on any atom is -0.452 e. The molecule has 2 aromatic rings. The molecule has 0 spiro atoms. The monoisotopic (exact) mass is 396 g/mol. The molecule has 0 fully saturated rings. The van der Waals surface area contributed by atoms with Crippen LogP contribution in [-0.2, 0) is 20.8 Å². The molecule has 1 heterocycles. The molecular weight excluding hydrogens is 376 g/mol. The van der Waals surface area contributed by atoms with E-state index in [-0.39, 0.29) is 23.2 Å². The standard InChI is InChI=1S/C21H20N2O6/c1-28-10-9-22-18(24)13-29-21(27)15-7-8-16-17(11-15)20(26)23(19(16)25)12-14-5-3-2-4-6-14/h2-8,11H,9-10,12-13H2,1H3,(H,22,24). The Kier molecular flexibility index (Phi) is 6.36. The molecule has 3 amide bonds. The molecule has 0 saturated heterocycles. The lowest BCUT2D eigenvalue weighted by Gasteiger charge is -2.13. The fourth-order valence-corrected chi connectivity index (χ4v) is 2.89. The highest BCUT2D eigenvalue weighted by molar-refractivity contribution is 6.21. The molecule has 1 N–H and O–H groups in total. The van der Waals surface area contributed by atoms with E-state index < -0.39 is 30.3 Å². The lowest BCUT2D eigenvalue weighted by molar-refractivity contribution is -0.124. The molecule has 8 nitrogen and oxygen atoms in total. The van der Waals surface area contributed by atoms with Crippen LogP contribution in [0.5, 0.6) is 0 Å². The zero-order valence-electron chi connectivity index (χ0n) is 15.8. The number of hydrogen-bond acceptors (Lipinski definition) is 6. The Balaban J connectivity index is 1.66. The average molecular weight is 396 g/mol. The van der Waals surface area contributed by atoms with Crippen molar-refractivity contribution in [3.05, 3.63) is 70.8 Å². The van der Waals surface area contributed by atoms with E-state index in [1.807, 2.05) is 30.3 Å². The molecular formula is C21H20N2O6. The van der Waals surface area contributed by atoms with Gasteiger partial charge in [-0.15, -0.1) is 0 Å². The summed E-state index contributed by atoms with van der Waals surface area (Å²) in [6.45, 7) is 0.348. The Bertz CT molecular complexity index is 941. The van der Waals surface area contributed by atoms with Crippen LogP contribution < -0.4 is 5.32 Å². The third-order valence-electron chi connectivity index (χ3n) is 4.35. The second kappa shape index (κ2) is 9.11. The van der Waals surface area contributed by atoms with Crippen LogP contribution in [0.1, 0.15) is 36.6 Å². The summed E-state index contributed by atoms with van der Waals surface area (Å²) in [7, 11) is 1.51. The maximum Gasteiger partial charge on any atom is 0.338 e. The van der Waals surface area contributed by atoms with E-state index in [4.69, 9.17) is 9.47 Å². The van der Waals surface area contributed by atoms with Gasteiger partial charge in [0.05, 0.1) is 29.8 Å². The van der Waals surface area contributed by atoms with Gasteiger partial charge in [0.25, 0.3) is 17.7 Å². The Labute approximate surface area is 167 Å². The average Bonchev–Trinajstić information content (AvgIpc) is 2.97. The molecule has 0 aliphatic carbocycles. The maximum atomic E-state index is 12.7. The van der Waals surface area contributed by atoms with Crippen molar-refractivity contribution < 1.29 is 28.7 Å². The number of rotatable bonds is 8. The highest BCUT2D eigenvalue weighted by Gasteiger charge is 2.36. The number of imide groups is 1. The maximum absolute atomic E-state index is 12.7. The molecule has 29 heavy (non-hydrogen) atoms. The lowest BCUT2D eigenvalue weighted by atomic mass is 10.1. The number of carbonyl (C=O) groups is 4. The smallest absolute Gasteiger partial charge is 0.338 e. The van der Waals surface area contributed by atoms with Crippen LogP contribution in [-0.4, -0.2) is 55.5 Å². The third-order valence-corrected chi connectivity index (χ3v) is 4.35. The molecule has 0 saturated carbocycles. The SMILES string of the molecule is COCCNC(=O)COC(=O)c1ccc2c(c1)C(=O)N(Cc1ccccc1)C2=O. The number of methoxy groups -OCH3 is 1. The summed E-state index contributed by atoms with van der Waals surface area (Å²) in [5.41, 5.74) is 1.29. The van der Waals surface area contributed by atoms with Crippen molar-refractivity contribution in [1.82, 2.24) is 10.2 Å². The Morgan fingerprint density at radius 1 is 1.00 bits per heavy atom. The van der Waals surface area contributed by atoms with Crippen molar-refractivity contribution in [2.75, 3.05) is 26.9 Å². The molecule has 0 bridgehead atoms. The van der Waals surface area contributed by atoms with E-state index in [0.717, 1.165) is 10.5 Å². The van der Waals surface area contributed by atoms with E-state index in [9.17, 15) is 19.2 Å². The van der Waals surface area contributed by atoms with Crippen LogP contribution >= 0.6 is 0 Å². The normalized spacial score (nSPS) is 12.7. The summed E-state index contributed by atoms with van der Waals surface area (Å²) < 4.78 is 9.77. The first-order valence-electron chi connectivity index (χ1n) is 8.98. The van der Waals surface area contributed by atoms with Crippen molar-refractivity contribution in [2.45, 2.75) is 6.54 Å². The van der Waals surface area contributed by atoms with E-state index in [2.05, 4.69) is 5.32 Å². The van der Waals surface area contributed by atoms with E-state index in [1.54, 1.807) is 0 Å². The number of esters is 1. The van der Waals surface area contributed by atoms with Crippen LogP contribution in [0, 0.1) is 0 Å². The molecule has 0 unspecified atom stereocenters. The van der Waals surface area contributed by atoms with Crippen molar-refractivity contribution >= 4 is 23.7 Å². The predicted octanol–water partition coefficient (Wildman–Crippen LogP) is 1.40. The first-order valence-corrected chi connectivity index (χ1v) is 8.98. The quantitative estimate of drug-likeness (QED) is 0.411. The number of carbonyl (C=O) groups excluding carboxylic acids is 4. The molecule has 0 radical (unpaired) electrons. The fourth-order valence-electron chi connectivity index (χ4n) is 2.89. The number of hydrogen-bond donors (Lipinski definition) is 1. The number of nitrogens with one attached hydrogen (secondary N) is 1. The first-order chi connectivity index (χ1) is 14.0. The van der Waals surface area contributed by atoms with Gasteiger partial charge in [-0.1, -0.05) is 30.3 Å². The number of ether oxygens (including phenoxy) is 2.